The molecule has 2 aromatic heterocycles. The number of aromatic nitrogens is 3. The van der Waals surface area contributed by atoms with Crippen LogP contribution in [0.2, 0.25) is 0 Å². The maximum atomic E-state index is 13.3. The second kappa shape index (κ2) is 7.25. The first-order chi connectivity index (χ1) is 13.7. The van der Waals surface area contributed by atoms with E-state index in [0.717, 1.165) is 6.20 Å². The second-order valence-corrected chi connectivity index (χ2v) is 6.79. The summed E-state index contributed by atoms with van der Waals surface area (Å²) < 4.78 is 69.8. The van der Waals surface area contributed by atoms with Crippen molar-refractivity contribution in [1.29, 1.82) is 0 Å². The van der Waals surface area contributed by atoms with Gasteiger partial charge < -0.3 is 19.9 Å². The van der Waals surface area contributed by atoms with E-state index in [9.17, 15) is 22.0 Å². The molecular weight excluding hydrogens is 399 g/mol. The molecule has 2 aliphatic rings. The zero-order valence-electron chi connectivity index (χ0n) is 15.1. The lowest BCUT2D eigenvalue weighted by atomic mass is 10.1. The number of rotatable bonds is 4. The van der Waals surface area contributed by atoms with E-state index in [0.29, 0.717) is 44.0 Å². The Hall–Kier alpha value is -2.76. The van der Waals surface area contributed by atoms with Crippen LogP contribution in [-0.2, 0) is 10.9 Å². The number of alkyl halides is 5. The molecule has 1 N–H and O–H groups in total. The van der Waals surface area contributed by atoms with Gasteiger partial charge in [0, 0.05) is 30.9 Å². The van der Waals surface area contributed by atoms with Crippen molar-refractivity contribution in [3.05, 3.63) is 30.2 Å². The van der Waals surface area contributed by atoms with E-state index < -0.39 is 30.9 Å². The third-order valence-corrected chi connectivity index (χ3v) is 4.54. The summed E-state index contributed by atoms with van der Waals surface area (Å²) in [5, 5.41) is 2.80. The van der Waals surface area contributed by atoms with E-state index in [-0.39, 0.29) is 11.6 Å². The van der Waals surface area contributed by atoms with Crippen molar-refractivity contribution in [3.8, 4) is 0 Å². The zero-order chi connectivity index (χ0) is 20.6. The highest BCUT2D eigenvalue weighted by Gasteiger charge is 2.44. The Morgan fingerprint density at radius 2 is 1.69 bits per heavy atom. The minimum Gasteiger partial charge on any atom is -0.378 e. The van der Waals surface area contributed by atoms with Crippen LogP contribution in [0.5, 0.6) is 0 Å². The van der Waals surface area contributed by atoms with Gasteiger partial charge in [-0.1, -0.05) is 0 Å². The Morgan fingerprint density at radius 1 is 0.966 bits per heavy atom. The molecule has 0 spiro atoms. The van der Waals surface area contributed by atoms with Crippen LogP contribution in [0.4, 0.5) is 45.1 Å². The second-order valence-electron chi connectivity index (χ2n) is 6.79. The van der Waals surface area contributed by atoms with Crippen molar-refractivity contribution in [2.24, 2.45) is 0 Å². The van der Waals surface area contributed by atoms with Gasteiger partial charge in [-0.05, 0) is 0 Å². The van der Waals surface area contributed by atoms with Crippen molar-refractivity contribution in [3.63, 3.8) is 0 Å². The third kappa shape index (κ3) is 4.47. The van der Waals surface area contributed by atoms with E-state index in [4.69, 9.17) is 4.74 Å². The highest BCUT2D eigenvalue weighted by atomic mass is 19.4. The molecule has 156 valence electrons. The number of pyridine rings is 1. The van der Waals surface area contributed by atoms with E-state index in [2.05, 4.69) is 20.3 Å². The Kier molecular flexibility index (Phi) is 4.89. The number of nitrogens with zero attached hydrogens (tertiary/aromatic N) is 5. The minimum atomic E-state index is -4.59. The third-order valence-electron chi connectivity index (χ3n) is 4.54. The van der Waals surface area contributed by atoms with Crippen LogP contribution in [0.15, 0.2) is 24.5 Å². The van der Waals surface area contributed by atoms with Crippen LogP contribution >= 0.6 is 0 Å². The van der Waals surface area contributed by atoms with Gasteiger partial charge >= 0.3 is 6.18 Å². The van der Waals surface area contributed by atoms with Gasteiger partial charge in [0.2, 0.25) is 0 Å². The van der Waals surface area contributed by atoms with Crippen molar-refractivity contribution in [2.45, 2.75) is 12.1 Å². The lowest BCUT2D eigenvalue weighted by Crippen LogP contribution is -2.56. The summed E-state index contributed by atoms with van der Waals surface area (Å²) >= 11 is 0. The van der Waals surface area contributed by atoms with Crippen LogP contribution in [0.25, 0.3) is 0 Å². The summed E-state index contributed by atoms with van der Waals surface area (Å²) in [4.78, 5) is 15.0. The fraction of sp³-hybridized carbons (Fsp3) is 0.471. The van der Waals surface area contributed by atoms with Gasteiger partial charge in [0.05, 0.1) is 38.7 Å². The summed E-state index contributed by atoms with van der Waals surface area (Å²) in [5.41, 5.74) is -0.573. The van der Waals surface area contributed by atoms with E-state index in [1.807, 2.05) is 4.90 Å². The van der Waals surface area contributed by atoms with E-state index >= 15 is 0 Å². The molecule has 0 aliphatic carbocycles. The molecule has 12 heteroatoms. The standard InChI is InChI=1S/C17H17F5N6O/c18-16(19)9-28(10-16)11-5-13(26-15(6-11)27-1-3-29-4-2-27)25-14-8-23-12(7-24-14)17(20,21)22/h5-8H,1-4,9-10H2,(H,24,25,26). The molecule has 0 saturated carbocycles. The van der Waals surface area contributed by atoms with Crippen LogP contribution in [0.3, 0.4) is 0 Å². The molecule has 2 aromatic rings. The number of halogens is 5. The van der Waals surface area contributed by atoms with Gasteiger partial charge in [-0.3, -0.25) is 0 Å². The first-order valence-electron chi connectivity index (χ1n) is 8.83. The SMILES string of the molecule is FC1(F)CN(c2cc(Nc3cnc(C(F)(F)F)cn3)nc(N3CCOCC3)c2)C1. The lowest BCUT2D eigenvalue weighted by molar-refractivity contribution is -0.141. The molecule has 2 aliphatic heterocycles. The summed E-state index contributed by atoms with van der Waals surface area (Å²) in [6, 6.07) is 3.27. The molecule has 0 bridgehead atoms. The van der Waals surface area contributed by atoms with E-state index in [1.165, 1.54) is 4.90 Å². The first-order valence-corrected chi connectivity index (χ1v) is 8.83. The summed E-state index contributed by atoms with van der Waals surface area (Å²) in [5.74, 6) is -1.85. The molecule has 0 amide bonds. The zero-order valence-corrected chi connectivity index (χ0v) is 15.1. The molecule has 0 unspecified atom stereocenters. The Labute approximate surface area is 162 Å². The van der Waals surface area contributed by atoms with Crippen LogP contribution in [-0.4, -0.2) is 60.3 Å². The molecule has 4 rings (SSSR count). The van der Waals surface area contributed by atoms with Crippen LogP contribution < -0.4 is 15.1 Å². The highest BCUT2D eigenvalue weighted by molar-refractivity contribution is 5.66. The lowest BCUT2D eigenvalue weighted by Gasteiger charge is -2.41. The number of hydrogen-bond donors (Lipinski definition) is 1. The van der Waals surface area contributed by atoms with E-state index in [1.54, 1.807) is 12.1 Å². The molecule has 7 nitrogen and oxygen atoms in total. The smallest absolute Gasteiger partial charge is 0.378 e. The van der Waals surface area contributed by atoms with Crippen molar-refractivity contribution < 1.29 is 26.7 Å². The van der Waals surface area contributed by atoms with Gasteiger partial charge in [0.1, 0.15) is 17.5 Å². The Morgan fingerprint density at radius 3 is 2.28 bits per heavy atom. The predicted octanol–water partition coefficient (Wildman–Crippen LogP) is 2.93. The van der Waals surface area contributed by atoms with Crippen molar-refractivity contribution >= 4 is 23.1 Å². The molecule has 2 fully saturated rings. The average molecular weight is 416 g/mol. The molecule has 29 heavy (non-hydrogen) atoms. The summed E-state index contributed by atoms with van der Waals surface area (Å²) in [7, 11) is 0. The molecule has 0 atom stereocenters. The van der Waals surface area contributed by atoms with Gasteiger partial charge in [-0.2, -0.15) is 13.2 Å². The molecule has 0 radical (unpaired) electrons. The minimum absolute atomic E-state index is 0.0597. The van der Waals surface area contributed by atoms with Crippen LogP contribution in [0.1, 0.15) is 5.69 Å². The quantitative estimate of drug-likeness (QED) is 0.769. The number of nitrogens with one attached hydrogen (secondary N) is 1. The molecular formula is C17H17F5N6O. The fourth-order valence-electron chi connectivity index (χ4n) is 3.07. The van der Waals surface area contributed by atoms with Crippen molar-refractivity contribution in [2.75, 3.05) is 54.5 Å². The van der Waals surface area contributed by atoms with Crippen molar-refractivity contribution in [1.82, 2.24) is 15.0 Å². The summed E-state index contributed by atoms with van der Waals surface area (Å²) in [6.07, 6.45) is -3.02. The fourth-order valence-corrected chi connectivity index (χ4v) is 3.07. The summed E-state index contributed by atoms with van der Waals surface area (Å²) in [6.45, 7) is 1.40. The Balaban J connectivity index is 1.59. The first kappa shape index (κ1) is 19.6. The topological polar surface area (TPSA) is 66.4 Å². The van der Waals surface area contributed by atoms with Crippen LogP contribution in [0, 0.1) is 0 Å². The largest absolute Gasteiger partial charge is 0.434 e. The molecule has 2 saturated heterocycles. The van der Waals surface area contributed by atoms with Gasteiger partial charge in [0.15, 0.2) is 5.69 Å². The highest BCUT2D eigenvalue weighted by Crippen LogP contribution is 2.35. The van der Waals surface area contributed by atoms with Gasteiger partial charge in [0.25, 0.3) is 5.92 Å². The monoisotopic (exact) mass is 416 g/mol. The maximum Gasteiger partial charge on any atom is 0.434 e. The predicted molar refractivity (Wildman–Crippen MR) is 94.7 cm³/mol. The van der Waals surface area contributed by atoms with Gasteiger partial charge in [-0.25, -0.2) is 23.7 Å². The number of hydrogen-bond acceptors (Lipinski definition) is 7. The maximum absolute atomic E-state index is 13.3. The normalized spacial score (nSPS) is 19.1. The molecule has 0 aromatic carbocycles. The molecule has 4 heterocycles. The number of morpholine rings is 1. The Bertz CT molecular complexity index is 862. The number of ether oxygens (including phenoxy) is 1. The number of anilines is 4. The average Bonchev–Trinajstić information content (AvgIpc) is 2.66. The van der Waals surface area contributed by atoms with Gasteiger partial charge in [-0.15, -0.1) is 0 Å².